The van der Waals surface area contributed by atoms with Gasteiger partial charge in [-0.3, -0.25) is 4.79 Å². The van der Waals surface area contributed by atoms with Gasteiger partial charge in [0.1, 0.15) is 11.5 Å². The molecule has 1 aliphatic rings. The van der Waals surface area contributed by atoms with Crippen molar-refractivity contribution in [1.29, 1.82) is 0 Å². The van der Waals surface area contributed by atoms with Crippen LogP contribution < -0.4 is 5.43 Å². The molecule has 2 aromatic carbocycles. The van der Waals surface area contributed by atoms with Crippen LogP contribution in [0.15, 0.2) is 53.6 Å². The fourth-order valence-electron chi connectivity index (χ4n) is 2.44. The molecule has 5 heteroatoms. The lowest BCUT2D eigenvalue weighted by Gasteiger charge is -2.01. The number of hydrazone groups is 1. The van der Waals surface area contributed by atoms with E-state index in [4.69, 9.17) is 0 Å². The SMILES string of the molecule is O=C(N/N=C\c1ccc(O)cc1O)[C@@H]1C[C@@H]1c1ccccc1. The molecule has 0 unspecified atom stereocenters. The minimum absolute atomic E-state index is 0.0256. The largest absolute Gasteiger partial charge is 0.508 e. The molecule has 0 radical (unpaired) electrons. The highest BCUT2D eigenvalue weighted by atomic mass is 16.3. The van der Waals surface area contributed by atoms with Crippen LogP contribution in [0.3, 0.4) is 0 Å². The van der Waals surface area contributed by atoms with Gasteiger partial charge in [-0.1, -0.05) is 30.3 Å². The third-order valence-corrected chi connectivity index (χ3v) is 3.75. The minimum Gasteiger partial charge on any atom is -0.508 e. The van der Waals surface area contributed by atoms with E-state index in [1.807, 2.05) is 30.3 Å². The molecule has 0 heterocycles. The molecule has 5 nitrogen and oxygen atoms in total. The summed E-state index contributed by atoms with van der Waals surface area (Å²) in [6.45, 7) is 0. The fraction of sp³-hybridized carbons (Fsp3) is 0.176. The van der Waals surface area contributed by atoms with Crippen LogP contribution in [0.1, 0.15) is 23.5 Å². The Bertz CT molecular complexity index is 713. The topological polar surface area (TPSA) is 81.9 Å². The van der Waals surface area contributed by atoms with Gasteiger partial charge < -0.3 is 10.2 Å². The van der Waals surface area contributed by atoms with Crippen molar-refractivity contribution in [3.63, 3.8) is 0 Å². The summed E-state index contributed by atoms with van der Waals surface area (Å²) in [7, 11) is 0. The van der Waals surface area contributed by atoms with Gasteiger partial charge in [-0.2, -0.15) is 5.10 Å². The first-order valence-electron chi connectivity index (χ1n) is 7.05. The van der Waals surface area contributed by atoms with Gasteiger partial charge in [0.2, 0.25) is 5.91 Å². The second kappa shape index (κ2) is 5.89. The average Bonchev–Trinajstić information content (AvgIpc) is 3.31. The van der Waals surface area contributed by atoms with E-state index in [9.17, 15) is 15.0 Å². The molecule has 3 rings (SSSR count). The van der Waals surface area contributed by atoms with Crippen LogP contribution in [-0.4, -0.2) is 22.3 Å². The molecule has 0 aromatic heterocycles. The summed E-state index contributed by atoms with van der Waals surface area (Å²) in [5.41, 5.74) is 4.09. The van der Waals surface area contributed by atoms with Gasteiger partial charge in [0, 0.05) is 17.5 Å². The van der Waals surface area contributed by atoms with E-state index < -0.39 is 0 Å². The predicted octanol–water partition coefficient (Wildman–Crippen LogP) is 2.35. The number of hydrogen-bond donors (Lipinski definition) is 3. The molecule has 0 aliphatic heterocycles. The lowest BCUT2D eigenvalue weighted by atomic mass is 10.1. The Morgan fingerprint density at radius 2 is 1.95 bits per heavy atom. The number of nitrogens with zero attached hydrogens (tertiary/aromatic N) is 1. The zero-order chi connectivity index (χ0) is 15.5. The molecule has 0 spiro atoms. The quantitative estimate of drug-likeness (QED) is 0.598. The zero-order valence-corrected chi connectivity index (χ0v) is 11.8. The summed E-state index contributed by atoms with van der Waals surface area (Å²) in [4.78, 5) is 12.0. The van der Waals surface area contributed by atoms with Crippen LogP contribution in [0, 0.1) is 5.92 Å². The van der Waals surface area contributed by atoms with Crippen molar-refractivity contribution in [2.24, 2.45) is 11.0 Å². The van der Waals surface area contributed by atoms with E-state index in [0.29, 0.717) is 5.56 Å². The third kappa shape index (κ3) is 3.09. The molecule has 2 aromatic rings. The summed E-state index contributed by atoms with van der Waals surface area (Å²) in [5, 5.41) is 22.7. The number of phenols is 2. The highest BCUT2D eigenvalue weighted by molar-refractivity contribution is 5.87. The normalized spacial score (nSPS) is 20.0. The highest BCUT2D eigenvalue weighted by Crippen LogP contribution is 2.47. The first-order chi connectivity index (χ1) is 10.6. The molecule has 1 amide bonds. The lowest BCUT2D eigenvalue weighted by Crippen LogP contribution is -2.20. The molecule has 1 fully saturated rings. The minimum atomic E-state index is -0.122. The van der Waals surface area contributed by atoms with Gasteiger partial charge in [0.05, 0.1) is 6.21 Å². The van der Waals surface area contributed by atoms with Gasteiger partial charge in [0.25, 0.3) is 0 Å². The van der Waals surface area contributed by atoms with E-state index in [1.165, 1.54) is 30.0 Å². The molecule has 2 atom stereocenters. The number of benzene rings is 2. The maximum absolute atomic E-state index is 12.0. The number of hydrogen-bond acceptors (Lipinski definition) is 4. The van der Waals surface area contributed by atoms with Crippen LogP contribution >= 0.6 is 0 Å². The van der Waals surface area contributed by atoms with E-state index >= 15 is 0 Å². The molecule has 1 saturated carbocycles. The molecule has 22 heavy (non-hydrogen) atoms. The van der Waals surface area contributed by atoms with Gasteiger partial charge in [0.15, 0.2) is 0 Å². The van der Waals surface area contributed by atoms with Crippen LogP contribution in [0.25, 0.3) is 0 Å². The van der Waals surface area contributed by atoms with E-state index in [2.05, 4.69) is 10.5 Å². The van der Waals surface area contributed by atoms with Crippen LogP contribution in [-0.2, 0) is 4.79 Å². The van der Waals surface area contributed by atoms with Gasteiger partial charge >= 0.3 is 0 Å². The molecule has 0 saturated heterocycles. The number of phenolic OH excluding ortho intramolecular Hbond substituents is 2. The van der Waals surface area contributed by atoms with Crippen LogP contribution in [0.4, 0.5) is 0 Å². The Hall–Kier alpha value is -2.82. The zero-order valence-electron chi connectivity index (χ0n) is 11.8. The number of nitrogens with one attached hydrogen (secondary N) is 1. The monoisotopic (exact) mass is 296 g/mol. The number of aromatic hydroxyl groups is 2. The third-order valence-electron chi connectivity index (χ3n) is 3.75. The maximum Gasteiger partial charge on any atom is 0.243 e. The van der Waals surface area contributed by atoms with Crippen molar-refractivity contribution in [2.45, 2.75) is 12.3 Å². The van der Waals surface area contributed by atoms with E-state index in [-0.39, 0.29) is 29.2 Å². The molecular weight excluding hydrogens is 280 g/mol. The smallest absolute Gasteiger partial charge is 0.243 e. The second-order valence-corrected chi connectivity index (χ2v) is 5.34. The van der Waals surface area contributed by atoms with Gasteiger partial charge in [-0.25, -0.2) is 5.43 Å². The first kappa shape index (κ1) is 14.1. The van der Waals surface area contributed by atoms with Crippen LogP contribution in [0.5, 0.6) is 11.5 Å². The molecule has 112 valence electrons. The summed E-state index contributed by atoms with van der Waals surface area (Å²) >= 11 is 0. The number of carbonyl (C=O) groups excluding carboxylic acids is 1. The Labute approximate surface area is 127 Å². The first-order valence-corrected chi connectivity index (χ1v) is 7.05. The van der Waals surface area contributed by atoms with Crippen molar-refractivity contribution in [1.82, 2.24) is 5.43 Å². The fourth-order valence-corrected chi connectivity index (χ4v) is 2.44. The Morgan fingerprint density at radius 3 is 2.68 bits per heavy atom. The number of carbonyl (C=O) groups is 1. The highest BCUT2D eigenvalue weighted by Gasteiger charge is 2.43. The van der Waals surface area contributed by atoms with Crippen molar-refractivity contribution in [2.75, 3.05) is 0 Å². The second-order valence-electron chi connectivity index (χ2n) is 5.34. The Morgan fingerprint density at radius 1 is 1.18 bits per heavy atom. The van der Waals surface area contributed by atoms with Crippen LogP contribution in [0.2, 0.25) is 0 Å². The maximum atomic E-state index is 12.0. The summed E-state index contributed by atoms with van der Waals surface area (Å²) in [5.74, 6) is -0.0243. The van der Waals surface area contributed by atoms with Gasteiger partial charge in [-0.15, -0.1) is 0 Å². The summed E-state index contributed by atoms with van der Waals surface area (Å²) < 4.78 is 0. The lowest BCUT2D eigenvalue weighted by molar-refractivity contribution is -0.122. The van der Waals surface area contributed by atoms with Crippen molar-refractivity contribution in [3.8, 4) is 11.5 Å². The van der Waals surface area contributed by atoms with Crippen molar-refractivity contribution in [3.05, 3.63) is 59.7 Å². The van der Waals surface area contributed by atoms with E-state index in [0.717, 1.165) is 6.42 Å². The molecule has 1 aliphatic carbocycles. The number of rotatable bonds is 4. The average molecular weight is 296 g/mol. The standard InChI is InChI=1S/C17H16N2O3/c20-13-7-6-12(16(21)8-13)10-18-19-17(22)15-9-14(15)11-4-2-1-3-5-11/h1-8,10,14-15,20-21H,9H2,(H,19,22)/b18-10-/t14-,15-/m1/s1. The van der Waals surface area contributed by atoms with Crippen molar-refractivity contribution < 1.29 is 15.0 Å². The Kier molecular flexibility index (Phi) is 3.78. The Balaban J connectivity index is 1.56. The summed E-state index contributed by atoms with van der Waals surface area (Å²) in [6, 6.07) is 14.1. The van der Waals surface area contributed by atoms with Crippen molar-refractivity contribution >= 4 is 12.1 Å². The summed E-state index contributed by atoms with van der Waals surface area (Å²) in [6.07, 6.45) is 2.18. The van der Waals surface area contributed by atoms with E-state index in [1.54, 1.807) is 0 Å². The number of amides is 1. The molecular formula is C17H16N2O3. The predicted molar refractivity (Wildman–Crippen MR) is 82.8 cm³/mol. The molecule has 0 bridgehead atoms. The molecule has 3 N–H and O–H groups in total. The van der Waals surface area contributed by atoms with Gasteiger partial charge in [-0.05, 0) is 30.0 Å².